The number of hydrogen-bond acceptors (Lipinski definition) is 1. The Morgan fingerprint density at radius 1 is 1.04 bits per heavy atom. The van der Waals surface area contributed by atoms with Crippen LogP contribution in [-0.2, 0) is 6.42 Å². The Kier molecular flexibility index (Phi) is 5.27. The van der Waals surface area contributed by atoms with Crippen molar-refractivity contribution in [1.29, 1.82) is 0 Å². The number of carbonyl (C=O) groups excluding carboxylic acids is 1. The molecule has 25 heavy (non-hydrogen) atoms. The maximum atomic E-state index is 11.3. The van der Waals surface area contributed by atoms with Gasteiger partial charge in [0.15, 0.2) is 0 Å². The van der Waals surface area contributed by atoms with Gasteiger partial charge in [0.2, 0.25) is 5.91 Å². The molecule has 1 fully saturated rings. The molecule has 132 valence electrons. The average Bonchev–Trinajstić information content (AvgIpc) is 2.61. The van der Waals surface area contributed by atoms with E-state index in [2.05, 4.69) is 38.1 Å². The summed E-state index contributed by atoms with van der Waals surface area (Å²) in [5.74, 6) is 0.508. The van der Waals surface area contributed by atoms with E-state index in [4.69, 9.17) is 5.73 Å². The standard InChI is InChI=1S/C23H29NO/c1-23(2)14-12-18(13-15-23)7-6-17-8-10-19(11-9-17)20-4-3-5-21(16-20)22(24)25/h3-5,8-11,16,18H,6-7,12-15H2,1-2H3,(H2,24,25). The summed E-state index contributed by atoms with van der Waals surface area (Å²) >= 11 is 0. The van der Waals surface area contributed by atoms with Gasteiger partial charge >= 0.3 is 0 Å². The Balaban J connectivity index is 1.59. The van der Waals surface area contributed by atoms with E-state index in [0.717, 1.165) is 23.5 Å². The van der Waals surface area contributed by atoms with Crippen molar-refractivity contribution in [3.05, 3.63) is 59.7 Å². The summed E-state index contributed by atoms with van der Waals surface area (Å²) < 4.78 is 0. The van der Waals surface area contributed by atoms with Crippen LogP contribution in [0, 0.1) is 11.3 Å². The second kappa shape index (κ2) is 7.43. The molecule has 1 saturated carbocycles. The lowest BCUT2D eigenvalue weighted by Gasteiger charge is -2.34. The highest BCUT2D eigenvalue weighted by molar-refractivity contribution is 5.94. The number of hydrogen-bond donors (Lipinski definition) is 1. The van der Waals surface area contributed by atoms with Crippen LogP contribution in [0.5, 0.6) is 0 Å². The number of primary amides is 1. The average molecular weight is 335 g/mol. The van der Waals surface area contributed by atoms with Crippen molar-refractivity contribution in [2.75, 3.05) is 0 Å². The summed E-state index contributed by atoms with van der Waals surface area (Å²) in [6.07, 6.45) is 7.95. The van der Waals surface area contributed by atoms with Crippen LogP contribution in [0.2, 0.25) is 0 Å². The number of nitrogens with two attached hydrogens (primary N) is 1. The minimum Gasteiger partial charge on any atom is -0.366 e. The summed E-state index contributed by atoms with van der Waals surface area (Å²) in [5.41, 5.74) is 10.1. The van der Waals surface area contributed by atoms with Crippen molar-refractivity contribution >= 4 is 5.91 Å². The second-order valence-corrected chi connectivity index (χ2v) is 8.29. The smallest absolute Gasteiger partial charge is 0.248 e. The molecule has 2 heteroatoms. The van der Waals surface area contributed by atoms with Gasteiger partial charge in [-0.25, -0.2) is 0 Å². The fourth-order valence-electron chi connectivity index (χ4n) is 3.83. The maximum Gasteiger partial charge on any atom is 0.248 e. The number of benzene rings is 2. The molecule has 0 saturated heterocycles. The summed E-state index contributed by atoms with van der Waals surface area (Å²) in [5, 5.41) is 0. The lowest BCUT2D eigenvalue weighted by Crippen LogP contribution is -2.21. The number of aryl methyl sites for hydroxylation is 1. The summed E-state index contributed by atoms with van der Waals surface area (Å²) in [4.78, 5) is 11.3. The lowest BCUT2D eigenvalue weighted by molar-refractivity contribution is 0.100. The van der Waals surface area contributed by atoms with Crippen LogP contribution in [0.3, 0.4) is 0 Å². The largest absolute Gasteiger partial charge is 0.366 e. The Bertz CT molecular complexity index is 720. The van der Waals surface area contributed by atoms with E-state index in [-0.39, 0.29) is 5.91 Å². The van der Waals surface area contributed by atoms with Crippen LogP contribution in [0.1, 0.15) is 61.9 Å². The zero-order valence-electron chi connectivity index (χ0n) is 15.4. The van der Waals surface area contributed by atoms with E-state index in [1.54, 1.807) is 6.07 Å². The van der Waals surface area contributed by atoms with Gasteiger partial charge in [0.05, 0.1) is 0 Å². The molecule has 2 N–H and O–H groups in total. The highest BCUT2D eigenvalue weighted by atomic mass is 16.1. The fraction of sp³-hybridized carbons (Fsp3) is 0.435. The van der Waals surface area contributed by atoms with Crippen molar-refractivity contribution in [1.82, 2.24) is 0 Å². The van der Waals surface area contributed by atoms with Crippen LogP contribution in [-0.4, -0.2) is 5.91 Å². The molecule has 0 radical (unpaired) electrons. The van der Waals surface area contributed by atoms with Gasteiger partial charge < -0.3 is 5.73 Å². The highest BCUT2D eigenvalue weighted by Crippen LogP contribution is 2.39. The van der Waals surface area contributed by atoms with E-state index in [1.165, 1.54) is 37.7 Å². The van der Waals surface area contributed by atoms with Crippen LogP contribution >= 0.6 is 0 Å². The van der Waals surface area contributed by atoms with Crippen molar-refractivity contribution in [3.8, 4) is 11.1 Å². The van der Waals surface area contributed by atoms with Crippen LogP contribution in [0.4, 0.5) is 0 Å². The summed E-state index contributed by atoms with van der Waals surface area (Å²) in [7, 11) is 0. The molecule has 3 rings (SSSR count). The monoisotopic (exact) mass is 335 g/mol. The topological polar surface area (TPSA) is 43.1 Å². The molecule has 2 nitrogen and oxygen atoms in total. The minimum atomic E-state index is -0.380. The van der Waals surface area contributed by atoms with Gasteiger partial charge in [-0.15, -0.1) is 0 Å². The predicted octanol–water partition coefficient (Wildman–Crippen LogP) is 5.60. The van der Waals surface area contributed by atoms with Crippen molar-refractivity contribution < 1.29 is 4.79 Å². The Labute approximate surface area is 151 Å². The maximum absolute atomic E-state index is 11.3. The quantitative estimate of drug-likeness (QED) is 0.759. The number of carbonyl (C=O) groups is 1. The zero-order valence-corrected chi connectivity index (χ0v) is 15.4. The highest BCUT2D eigenvalue weighted by Gasteiger charge is 2.26. The minimum absolute atomic E-state index is 0.380. The van der Waals surface area contributed by atoms with E-state index >= 15 is 0 Å². The van der Waals surface area contributed by atoms with Crippen LogP contribution < -0.4 is 5.73 Å². The molecule has 2 aromatic carbocycles. The van der Waals surface area contributed by atoms with E-state index in [1.807, 2.05) is 18.2 Å². The molecule has 1 aliphatic carbocycles. The van der Waals surface area contributed by atoms with Crippen LogP contribution in [0.15, 0.2) is 48.5 Å². The first-order valence-electron chi connectivity index (χ1n) is 9.42. The van der Waals surface area contributed by atoms with Crippen molar-refractivity contribution in [2.24, 2.45) is 17.1 Å². The molecular formula is C23H29NO. The van der Waals surface area contributed by atoms with Gasteiger partial charge in [-0.3, -0.25) is 4.79 Å². The predicted molar refractivity (Wildman–Crippen MR) is 104 cm³/mol. The number of amides is 1. The lowest BCUT2D eigenvalue weighted by atomic mass is 9.72. The third-order valence-electron chi connectivity index (χ3n) is 5.73. The van der Waals surface area contributed by atoms with Gasteiger partial charge in [0.25, 0.3) is 0 Å². The Hall–Kier alpha value is -2.09. The normalized spacial score (nSPS) is 17.4. The molecular weight excluding hydrogens is 306 g/mol. The molecule has 0 heterocycles. The fourth-order valence-corrected chi connectivity index (χ4v) is 3.83. The zero-order chi connectivity index (χ0) is 17.9. The van der Waals surface area contributed by atoms with E-state index in [0.29, 0.717) is 11.0 Å². The molecule has 0 unspecified atom stereocenters. The molecule has 1 aliphatic rings. The third kappa shape index (κ3) is 4.72. The number of rotatable bonds is 5. The molecule has 1 amide bonds. The van der Waals surface area contributed by atoms with Gasteiger partial charge in [0, 0.05) is 5.56 Å². The van der Waals surface area contributed by atoms with Gasteiger partial charge in [-0.05, 0) is 78.7 Å². The Morgan fingerprint density at radius 2 is 1.72 bits per heavy atom. The SMILES string of the molecule is CC1(C)CCC(CCc2ccc(-c3cccc(C(N)=O)c3)cc2)CC1. The van der Waals surface area contributed by atoms with E-state index in [9.17, 15) is 4.79 Å². The van der Waals surface area contributed by atoms with Crippen molar-refractivity contribution in [2.45, 2.75) is 52.4 Å². The van der Waals surface area contributed by atoms with E-state index < -0.39 is 0 Å². The Morgan fingerprint density at radius 3 is 2.36 bits per heavy atom. The second-order valence-electron chi connectivity index (χ2n) is 8.29. The van der Waals surface area contributed by atoms with Gasteiger partial charge in [0.1, 0.15) is 0 Å². The molecule has 0 bridgehead atoms. The van der Waals surface area contributed by atoms with Crippen molar-refractivity contribution in [3.63, 3.8) is 0 Å². The molecule has 0 aliphatic heterocycles. The van der Waals surface area contributed by atoms with Gasteiger partial charge in [-0.2, -0.15) is 0 Å². The first-order valence-corrected chi connectivity index (χ1v) is 9.42. The summed E-state index contributed by atoms with van der Waals surface area (Å²) in [6.45, 7) is 4.80. The summed E-state index contributed by atoms with van der Waals surface area (Å²) in [6, 6.07) is 16.3. The first-order chi connectivity index (χ1) is 11.9. The van der Waals surface area contributed by atoms with Crippen LogP contribution in [0.25, 0.3) is 11.1 Å². The van der Waals surface area contributed by atoms with Gasteiger partial charge in [-0.1, -0.05) is 50.2 Å². The molecule has 0 atom stereocenters. The third-order valence-corrected chi connectivity index (χ3v) is 5.73. The molecule has 0 spiro atoms. The molecule has 2 aromatic rings. The molecule has 0 aromatic heterocycles. The first kappa shape index (κ1) is 17.7.